The van der Waals surface area contributed by atoms with E-state index >= 15 is 0 Å². The Balaban J connectivity index is 1.36. The molecule has 3 N–H and O–H groups in total. The molecule has 3 atom stereocenters. The lowest BCUT2D eigenvalue weighted by Gasteiger charge is -2.38. The molecule has 0 aliphatic carbocycles. The van der Waals surface area contributed by atoms with Gasteiger partial charge in [-0.05, 0) is 47.0 Å². The lowest BCUT2D eigenvalue weighted by atomic mass is 9.99. The summed E-state index contributed by atoms with van der Waals surface area (Å²) in [5.41, 5.74) is 1.33. The summed E-state index contributed by atoms with van der Waals surface area (Å²) in [4.78, 5) is 42.6. The number of hydrogen-bond donors (Lipinski definition) is 3. The number of urea groups is 1. The Morgan fingerprint density at radius 1 is 1.14 bits per heavy atom. The molecule has 0 fully saturated rings. The zero-order valence-electron chi connectivity index (χ0n) is 24.2. The lowest BCUT2D eigenvalue weighted by molar-refractivity contribution is -0.116. The molecule has 1 aromatic heterocycles. The summed E-state index contributed by atoms with van der Waals surface area (Å²) in [5.74, 6) is -0.578. The van der Waals surface area contributed by atoms with Crippen molar-refractivity contribution in [2.45, 2.75) is 32.5 Å². The molecule has 0 saturated heterocycles. The van der Waals surface area contributed by atoms with Gasteiger partial charge in [0.25, 0.3) is 5.91 Å². The minimum Gasteiger partial charge on any atom is -0.487 e. The number of carbonyl (C=O) groups excluding carboxylic acids is 3. The number of nitrogens with zero attached hydrogens (tertiary/aromatic N) is 6. The Kier molecular flexibility index (Phi) is 8.81. The largest absolute Gasteiger partial charge is 0.487 e. The maximum atomic E-state index is 13.7. The van der Waals surface area contributed by atoms with Crippen molar-refractivity contribution in [1.82, 2.24) is 30.0 Å². The first-order chi connectivity index (χ1) is 20.7. The SMILES string of the molecule is C[C@H]1CN([C@@H](C)CO)C(=O)c2cc(NC(=O)Cn3cnnn3)ccc2O[C@@H]1CN(C)C(=O)Nc1cccc2ccccc12. The Labute approximate surface area is 248 Å². The third-order valence-electron chi connectivity index (χ3n) is 7.48. The summed E-state index contributed by atoms with van der Waals surface area (Å²) in [6.07, 6.45) is 0.843. The summed E-state index contributed by atoms with van der Waals surface area (Å²) in [6, 6.07) is 17.6. The standard InChI is InChI=1S/C30H34N8O5/c1-19-14-38(20(2)17-39)29(41)24-13-22(32-28(40)16-37-18-31-34-35-37)11-12-26(24)43-27(19)15-36(3)30(42)33-25-10-6-8-21-7-4-5-9-23(21)25/h4-13,18-20,27,39H,14-17H2,1-3H3,(H,32,40)(H,33,42)/t19-,20-,27+/m0/s1. The Bertz CT molecular complexity index is 1610. The second-order valence-electron chi connectivity index (χ2n) is 10.7. The molecule has 0 unspecified atom stereocenters. The van der Waals surface area contributed by atoms with Gasteiger partial charge in [-0.25, -0.2) is 9.48 Å². The highest BCUT2D eigenvalue weighted by Crippen LogP contribution is 2.31. The van der Waals surface area contributed by atoms with Crippen LogP contribution in [0.15, 0.2) is 67.0 Å². The van der Waals surface area contributed by atoms with Gasteiger partial charge in [0, 0.05) is 30.6 Å². The summed E-state index contributed by atoms with van der Waals surface area (Å²) in [7, 11) is 1.69. The number of aliphatic hydroxyl groups is 1. The van der Waals surface area contributed by atoms with Crippen LogP contribution in [0.3, 0.4) is 0 Å². The van der Waals surface area contributed by atoms with Gasteiger partial charge in [0.1, 0.15) is 24.7 Å². The molecule has 1 aliphatic rings. The topological polar surface area (TPSA) is 155 Å². The van der Waals surface area contributed by atoms with E-state index in [4.69, 9.17) is 4.74 Å². The molecular formula is C30H34N8O5. The molecule has 3 aromatic carbocycles. The van der Waals surface area contributed by atoms with Gasteiger partial charge >= 0.3 is 6.03 Å². The molecule has 13 heteroatoms. The van der Waals surface area contributed by atoms with Gasteiger partial charge in [0.2, 0.25) is 5.91 Å². The average Bonchev–Trinajstić information content (AvgIpc) is 3.51. The van der Waals surface area contributed by atoms with Crippen LogP contribution < -0.4 is 15.4 Å². The third kappa shape index (κ3) is 6.72. The number of likely N-dealkylation sites (N-methyl/N-ethyl adjacent to an activating group) is 1. The number of tetrazole rings is 1. The summed E-state index contributed by atoms with van der Waals surface area (Å²) >= 11 is 0. The van der Waals surface area contributed by atoms with Crippen LogP contribution in [0.1, 0.15) is 24.2 Å². The fourth-order valence-electron chi connectivity index (χ4n) is 5.02. The number of benzene rings is 3. The fourth-order valence-corrected chi connectivity index (χ4v) is 5.02. The van der Waals surface area contributed by atoms with E-state index in [9.17, 15) is 19.5 Å². The summed E-state index contributed by atoms with van der Waals surface area (Å²) in [5, 5.41) is 28.4. The van der Waals surface area contributed by atoms with Gasteiger partial charge in [-0.2, -0.15) is 0 Å². The highest BCUT2D eigenvalue weighted by molar-refractivity contribution is 6.02. The minimum atomic E-state index is -0.483. The average molecular weight is 587 g/mol. The van der Waals surface area contributed by atoms with Gasteiger partial charge in [-0.15, -0.1) is 5.10 Å². The predicted molar refractivity (Wildman–Crippen MR) is 160 cm³/mol. The van der Waals surface area contributed by atoms with E-state index in [1.54, 1.807) is 42.0 Å². The number of anilines is 2. The molecule has 0 saturated carbocycles. The number of nitrogens with one attached hydrogen (secondary N) is 2. The first kappa shape index (κ1) is 29.5. The van der Waals surface area contributed by atoms with E-state index in [1.165, 1.54) is 11.0 Å². The van der Waals surface area contributed by atoms with E-state index in [1.807, 2.05) is 49.4 Å². The minimum absolute atomic E-state index is 0.102. The van der Waals surface area contributed by atoms with Gasteiger partial charge in [-0.3, -0.25) is 9.59 Å². The van der Waals surface area contributed by atoms with Gasteiger partial charge in [0.15, 0.2) is 0 Å². The van der Waals surface area contributed by atoms with Gasteiger partial charge < -0.3 is 30.3 Å². The molecular weight excluding hydrogens is 552 g/mol. The van der Waals surface area contributed by atoms with Crippen LogP contribution in [-0.4, -0.2) is 91.8 Å². The van der Waals surface area contributed by atoms with E-state index < -0.39 is 12.1 Å². The highest BCUT2D eigenvalue weighted by atomic mass is 16.5. The van der Waals surface area contributed by atoms with Crippen LogP contribution in [-0.2, 0) is 11.3 Å². The van der Waals surface area contributed by atoms with Crippen LogP contribution in [0.5, 0.6) is 5.75 Å². The Morgan fingerprint density at radius 2 is 1.93 bits per heavy atom. The molecule has 43 heavy (non-hydrogen) atoms. The first-order valence-corrected chi connectivity index (χ1v) is 14.0. The number of hydrogen-bond acceptors (Lipinski definition) is 8. The number of carbonyl (C=O) groups is 3. The van der Waals surface area contributed by atoms with Crippen LogP contribution in [0, 0.1) is 5.92 Å². The van der Waals surface area contributed by atoms with Crippen LogP contribution >= 0.6 is 0 Å². The van der Waals surface area contributed by atoms with Crippen LogP contribution in [0.25, 0.3) is 10.8 Å². The second-order valence-corrected chi connectivity index (χ2v) is 10.7. The van der Waals surface area contributed by atoms with E-state index in [0.717, 1.165) is 10.8 Å². The number of fused-ring (bicyclic) bond motifs is 2. The lowest BCUT2D eigenvalue weighted by Crippen LogP contribution is -2.50. The van der Waals surface area contributed by atoms with E-state index in [2.05, 4.69) is 26.2 Å². The smallest absolute Gasteiger partial charge is 0.321 e. The maximum absolute atomic E-state index is 13.7. The van der Waals surface area contributed by atoms with E-state index in [0.29, 0.717) is 23.7 Å². The van der Waals surface area contributed by atoms with Crippen molar-refractivity contribution in [3.8, 4) is 5.75 Å². The van der Waals surface area contributed by atoms with Crippen LogP contribution in [0.4, 0.5) is 16.2 Å². The first-order valence-electron chi connectivity index (χ1n) is 14.0. The monoisotopic (exact) mass is 586 g/mol. The highest BCUT2D eigenvalue weighted by Gasteiger charge is 2.34. The Hall–Kier alpha value is -5.04. The van der Waals surface area contributed by atoms with Crippen molar-refractivity contribution in [3.63, 3.8) is 0 Å². The molecule has 0 bridgehead atoms. The van der Waals surface area contributed by atoms with Crippen molar-refractivity contribution in [3.05, 3.63) is 72.6 Å². The number of aromatic nitrogens is 4. The van der Waals surface area contributed by atoms with Crippen molar-refractivity contribution in [2.75, 3.05) is 37.4 Å². The van der Waals surface area contributed by atoms with Crippen molar-refractivity contribution in [2.24, 2.45) is 5.92 Å². The van der Waals surface area contributed by atoms with Gasteiger partial charge in [0.05, 0.1) is 30.4 Å². The number of rotatable bonds is 8. The zero-order chi connectivity index (χ0) is 30.5. The molecule has 224 valence electrons. The summed E-state index contributed by atoms with van der Waals surface area (Å²) in [6.45, 7) is 3.91. The number of amides is 4. The van der Waals surface area contributed by atoms with E-state index in [-0.39, 0.29) is 49.0 Å². The van der Waals surface area contributed by atoms with Crippen LogP contribution in [0.2, 0.25) is 0 Å². The second kappa shape index (κ2) is 12.9. The molecule has 4 amide bonds. The predicted octanol–water partition coefficient (Wildman–Crippen LogP) is 2.85. The molecule has 5 rings (SSSR count). The molecule has 0 radical (unpaired) electrons. The molecule has 1 aliphatic heterocycles. The zero-order valence-corrected chi connectivity index (χ0v) is 24.2. The molecule has 4 aromatic rings. The maximum Gasteiger partial charge on any atom is 0.321 e. The third-order valence-corrected chi connectivity index (χ3v) is 7.48. The number of ether oxygens (including phenoxy) is 1. The quantitative estimate of drug-likeness (QED) is 0.285. The normalized spacial score (nSPS) is 17.3. The van der Waals surface area contributed by atoms with Crippen molar-refractivity contribution in [1.29, 1.82) is 0 Å². The fraction of sp³-hybridized carbons (Fsp3) is 0.333. The summed E-state index contributed by atoms with van der Waals surface area (Å²) < 4.78 is 7.67. The number of aliphatic hydroxyl groups excluding tert-OH is 1. The van der Waals surface area contributed by atoms with Crippen molar-refractivity contribution >= 4 is 40.0 Å². The van der Waals surface area contributed by atoms with Gasteiger partial charge in [-0.1, -0.05) is 43.3 Å². The van der Waals surface area contributed by atoms with Crippen molar-refractivity contribution < 1.29 is 24.2 Å². The molecule has 13 nitrogen and oxygen atoms in total. The molecule has 2 heterocycles. The Morgan fingerprint density at radius 3 is 2.70 bits per heavy atom. The molecule has 0 spiro atoms.